The van der Waals surface area contributed by atoms with Crippen molar-refractivity contribution < 1.29 is 46.2 Å². The predicted molar refractivity (Wildman–Crippen MR) is 158 cm³/mol. The van der Waals surface area contributed by atoms with Crippen molar-refractivity contribution in [3.63, 3.8) is 0 Å². The Bertz CT molecular complexity index is 1240. The molecule has 4 fully saturated rings. The van der Waals surface area contributed by atoms with Crippen LogP contribution in [0.5, 0.6) is 0 Å². The van der Waals surface area contributed by atoms with E-state index in [2.05, 4.69) is 5.32 Å². The number of amides is 3. The van der Waals surface area contributed by atoms with Gasteiger partial charge in [0.05, 0.1) is 19.6 Å². The molecule has 254 valence electrons. The lowest BCUT2D eigenvalue weighted by atomic mass is 9.80. The van der Waals surface area contributed by atoms with Gasteiger partial charge in [-0.2, -0.15) is 0 Å². The topological polar surface area (TPSA) is 101 Å². The van der Waals surface area contributed by atoms with Crippen molar-refractivity contribution in [1.29, 1.82) is 0 Å². The summed E-state index contributed by atoms with van der Waals surface area (Å²) in [7, 11) is 0. The third kappa shape index (κ3) is 7.58. The first-order valence-corrected chi connectivity index (χ1v) is 14.6. The Balaban J connectivity index is 0.000000265. The molecule has 1 N–H and O–H groups in total. The van der Waals surface area contributed by atoms with Crippen molar-refractivity contribution in [2.24, 2.45) is 0 Å². The standard InChI is InChI=1S/C19H24F2N2O4.C11H18F2N2O2.CH4/c1-17(2,3)27-15(24)22-10-9-18(12-22)19(20,21)13-23(18)16(25)26-11-14-7-5-4-6-8-14;1-9(2,3)17-8(16)15-5-4-10(7-15)11(12,13)6-14-10;/h4-8H,9-13H2,1-3H3;14H,4-7H2,1-3H3;1H4. The van der Waals surface area contributed by atoms with Crippen LogP contribution in [0.25, 0.3) is 0 Å². The first kappa shape index (κ1) is 36.2. The van der Waals surface area contributed by atoms with Gasteiger partial charge in [0.25, 0.3) is 11.8 Å². The SMILES string of the molecule is C.CC(C)(C)OC(=O)N1CCC2(C1)N(C(=O)OCc1ccccc1)CC2(F)F.CC(C)(C)OC(=O)N1CCC2(C1)NCC2(F)F. The van der Waals surface area contributed by atoms with Gasteiger partial charge in [-0.25, -0.2) is 31.9 Å². The molecule has 4 heterocycles. The van der Waals surface area contributed by atoms with Crippen LogP contribution in [0.3, 0.4) is 0 Å². The molecule has 2 atom stereocenters. The Morgan fingerprint density at radius 1 is 0.778 bits per heavy atom. The summed E-state index contributed by atoms with van der Waals surface area (Å²) in [6.45, 7) is 9.58. The van der Waals surface area contributed by atoms with Crippen LogP contribution in [-0.2, 0) is 20.8 Å². The van der Waals surface area contributed by atoms with Gasteiger partial charge in [0.2, 0.25) is 0 Å². The first-order valence-electron chi connectivity index (χ1n) is 14.6. The highest BCUT2D eigenvalue weighted by Gasteiger charge is 2.72. The number of nitrogens with zero attached hydrogens (tertiary/aromatic N) is 3. The second kappa shape index (κ2) is 12.5. The van der Waals surface area contributed by atoms with Crippen molar-refractivity contribution in [3.8, 4) is 0 Å². The average Bonchev–Trinajstić information content (AvgIpc) is 3.58. The van der Waals surface area contributed by atoms with Crippen molar-refractivity contribution in [2.45, 2.75) is 103 Å². The number of likely N-dealkylation sites (tertiary alicyclic amines) is 3. The maximum absolute atomic E-state index is 14.4. The quantitative estimate of drug-likeness (QED) is 0.316. The van der Waals surface area contributed by atoms with Crippen LogP contribution in [0, 0.1) is 0 Å². The molecule has 1 aromatic carbocycles. The minimum Gasteiger partial charge on any atom is -0.445 e. The number of alkyl halides is 4. The van der Waals surface area contributed by atoms with Gasteiger partial charge >= 0.3 is 18.3 Å². The summed E-state index contributed by atoms with van der Waals surface area (Å²) in [6, 6.07) is 9.01. The molecule has 14 heteroatoms. The fourth-order valence-corrected chi connectivity index (χ4v) is 5.64. The molecule has 4 aliphatic heterocycles. The molecule has 45 heavy (non-hydrogen) atoms. The highest BCUT2D eigenvalue weighted by molar-refractivity contribution is 5.73. The van der Waals surface area contributed by atoms with Gasteiger partial charge in [0, 0.05) is 19.6 Å². The monoisotopic (exact) mass is 646 g/mol. The molecule has 4 aliphatic rings. The zero-order valence-electron chi connectivity index (χ0n) is 26.1. The summed E-state index contributed by atoms with van der Waals surface area (Å²) in [6.07, 6.45) is -1.70. The molecule has 2 spiro atoms. The molecular formula is C31H46F4N4O6. The number of carbonyl (C=O) groups excluding carboxylic acids is 3. The zero-order valence-corrected chi connectivity index (χ0v) is 26.1. The number of hydrogen-bond acceptors (Lipinski definition) is 7. The van der Waals surface area contributed by atoms with Gasteiger partial charge in [-0.05, 0) is 59.9 Å². The number of halogens is 4. The molecule has 0 bridgehead atoms. The Labute approximate surface area is 262 Å². The van der Waals surface area contributed by atoms with Crippen LogP contribution in [-0.4, -0.2) is 106 Å². The normalized spacial score (nSPS) is 26.2. The van der Waals surface area contributed by atoms with Crippen LogP contribution in [0.2, 0.25) is 0 Å². The van der Waals surface area contributed by atoms with E-state index in [1.165, 1.54) is 9.80 Å². The second-order valence-electron chi connectivity index (χ2n) is 13.8. The van der Waals surface area contributed by atoms with Gasteiger partial charge < -0.3 is 24.0 Å². The molecule has 5 rings (SSSR count). The number of ether oxygens (including phenoxy) is 3. The Morgan fingerprint density at radius 3 is 1.76 bits per heavy atom. The third-order valence-electron chi connectivity index (χ3n) is 8.15. The summed E-state index contributed by atoms with van der Waals surface area (Å²) in [5.74, 6) is -5.79. The number of carbonyl (C=O) groups is 3. The maximum Gasteiger partial charge on any atom is 0.411 e. The summed E-state index contributed by atoms with van der Waals surface area (Å²) >= 11 is 0. The minimum absolute atomic E-state index is 0. The van der Waals surface area contributed by atoms with E-state index in [9.17, 15) is 31.9 Å². The van der Waals surface area contributed by atoms with E-state index in [1.54, 1.807) is 65.8 Å². The zero-order chi connectivity index (χ0) is 32.8. The number of nitrogens with one attached hydrogen (secondary N) is 1. The number of hydrogen-bond donors (Lipinski definition) is 1. The van der Waals surface area contributed by atoms with Crippen molar-refractivity contribution in [1.82, 2.24) is 20.0 Å². The molecule has 4 saturated heterocycles. The number of rotatable bonds is 2. The molecule has 0 radical (unpaired) electrons. The van der Waals surface area contributed by atoms with E-state index in [0.29, 0.717) is 6.54 Å². The highest BCUT2D eigenvalue weighted by Crippen LogP contribution is 2.50. The summed E-state index contributed by atoms with van der Waals surface area (Å²) in [5.41, 5.74) is -3.48. The molecule has 1 aromatic rings. The molecule has 2 unspecified atom stereocenters. The summed E-state index contributed by atoms with van der Waals surface area (Å²) in [4.78, 5) is 40.0. The van der Waals surface area contributed by atoms with Gasteiger partial charge in [-0.1, -0.05) is 37.8 Å². The van der Waals surface area contributed by atoms with Gasteiger partial charge in [-0.3, -0.25) is 10.2 Å². The van der Waals surface area contributed by atoms with E-state index in [1.807, 2.05) is 6.07 Å². The second-order valence-corrected chi connectivity index (χ2v) is 13.8. The van der Waals surface area contributed by atoms with Crippen molar-refractivity contribution in [2.75, 3.05) is 39.3 Å². The number of benzene rings is 1. The first-order chi connectivity index (χ1) is 20.2. The Morgan fingerprint density at radius 2 is 1.31 bits per heavy atom. The van der Waals surface area contributed by atoms with Gasteiger partial charge in [0.15, 0.2) is 0 Å². The van der Waals surface area contributed by atoms with Gasteiger partial charge in [-0.15, -0.1) is 0 Å². The van der Waals surface area contributed by atoms with E-state index in [-0.39, 0.29) is 53.1 Å². The molecular weight excluding hydrogens is 600 g/mol. The lowest BCUT2D eigenvalue weighted by Gasteiger charge is -2.54. The van der Waals surface area contributed by atoms with E-state index in [4.69, 9.17) is 14.2 Å². The fraction of sp³-hybridized carbons (Fsp3) is 0.710. The predicted octanol–water partition coefficient (Wildman–Crippen LogP) is 5.89. The molecule has 3 amide bonds. The average molecular weight is 647 g/mol. The Hall–Kier alpha value is -3.29. The van der Waals surface area contributed by atoms with Crippen LogP contribution in [0.1, 0.15) is 67.4 Å². The maximum atomic E-state index is 14.4. The van der Waals surface area contributed by atoms with Crippen LogP contribution < -0.4 is 5.32 Å². The summed E-state index contributed by atoms with van der Waals surface area (Å²) in [5, 5.41) is 2.76. The van der Waals surface area contributed by atoms with E-state index >= 15 is 0 Å². The highest BCUT2D eigenvalue weighted by atomic mass is 19.3. The van der Waals surface area contributed by atoms with Crippen molar-refractivity contribution >= 4 is 18.3 Å². The van der Waals surface area contributed by atoms with Gasteiger partial charge in [0.1, 0.15) is 28.9 Å². The lowest BCUT2D eigenvalue weighted by molar-refractivity contribution is -0.224. The molecule has 0 saturated carbocycles. The van der Waals surface area contributed by atoms with Crippen molar-refractivity contribution in [3.05, 3.63) is 35.9 Å². The third-order valence-corrected chi connectivity index (χ3v) is 8.15. The van der Waals surface area contributed by atoms with E-state index in [0.717, 1.165) is 10.5 Å². The lowest BCUT2D eigenvalue weighted by Crippen LogP contribution is -2.77. The van der Waals surface area contributed by atoms with Crippen LogP contribution >= 0.6 is 0 Å². The fourth-order valence-electron chi connectivity index (χ4n) is 5.64. The minimum atomic E-state index is -3.07. The Kier molecular flexibility index (Phi) is 10.0. The molecule has 0 aromatic heterocycles. The summed E-state index contributed by atoms with van der Waals surface area (Å²) < 4.78 is 71.3. The van der Waals surface area contributed by atoms with Crippen LogP contribution in [0.15, 0.2) is 30.3 Å². The van der Waals surface area contributed by atoms with E-state index < -0.39 is 58.9 Å². The molecule has 10 nitrogen and oxygen atoms in total. The molecule has 0 aliphatic carbocycles. The largest absolute Gasteiger partial charge is 0.445 e. The van der Waals surface area contributed by atoms with Crippen LogP contribution in [0.4, 0.5) is 31.9 Å². The smallest absolute Gasteiger partial charge is 0.411 e.